The molecule has 1 fully saturated rings. The molecule has 1 saturated carbocycles. The molecule has 1 aliphatic carbocycles. The number of aliphatic hydroxyl groups is 1. The minimum atomic E-state index is -3.04. The largest absolute Gasteiger partial charge is 1.00 e. The standard InChI is InChI=1S/C24H24N3O2.C5H8F2O.2C2H6.K/c1-3-24(10-11-24)15-29-23-25-12-18-13-27(14-20(18)26-23)22(28)19-9-5-8-17-7-4-6-16(2)21(17)19;1-4(8)3-5(2,6)7;2*1-2;/h4-9H,3,10-11,13-15H2,1-2H3;4,8H,1-3H2;2*1-2H3;/q-1;-2;;;+1. The zero-order valence-corrected chi connectivity index (χ0v) is 29.4. The quantitative estimate of drug-likeness (QED) is 0.315. The number of aliphatic hydroxyl groups excluding tert-OH is 1. The van der Waals surface area contributed by atoms with E-state index in [-0.39, 0.29) is 57.3 Å². The summed E-state index contributed by atoms with van der Waals surface area (Å²) in [5.74, 6) is -3.03. The van der Waals surface area contributed by atoms with E-state index in [0.29, 0.717) is 31.1 Å². The Kier molecular flexibility index (Phi) is 16.3. The van der Waals surface area contributed by atoms with Gasteiger partial charge in [-0.15, -0.1) is 5.56 Å². The summed E-state index contributed by atoms with van der Waals surface area (Å²) >= 11 is 0. The van der Waals surface area contributed by atoms with Crippen LogP contribution in [-0.2, 0) is 13.1 Å². The Morgan fingerprint density at radius 3 is 2.31 bits per heavy atom. The minimum absolute atomic E-state index is 0. The van der Waals surface area contributed by atoms with Gasteiger partial charge >= 0.3 is 51.4 Å². The first-order valence-electron chi connectivity index (χ1n) is 14.4. The van der Waals surface area contributed by atoms with Gasteiger partial charge in [-0.05, 0) is 60.7 Å². The molecule has 1 N–H and O–H groups in total. The van der Waals surface area contributed by atoms with E-state index in [1.54, 1.807) is 0 Å². The fraction of sp³-hybridized carbons (Fsp3) is 0.485. The maximum atomic E-state index is 13.3. The Morgan fingerprint density at radius 1 is 1.17 bits per heavy atom. The van der Waals surface area contributed by atoms with Crippen molar-refractivity contribution in [1.29, 1.82) is 0 Å². The normalized spacial score (nSPS) is 14.9. The number of ether oxygens (including phenoxy) is 1. The SMILES string of the molecule is CC.CC.CCC1(COc2n[c-]c3c(n2)CN(C(=O)c2cccc4cccc(C)c24)C3)CC1.[CH2-]C(O)CC([CH2-])(F)F.[K+]. The summed E-state index contributed by atoms with van der Waals surface area (Å²) in [6.45, 7) is 19.3. The molecule has 42 heavy (non-hydrogen) atoms. The van der Waals surface area contributed by atoms with Crippen LogP contribution in [0.2, 0.25) is 0 Å². The predicted molar refractivity (Wildman–Crippen MR) is 160 cm³/mol. The maximum absolute atomic E-state index is 13.3. The van der Waals surface area contributed by atoms with E-state index >= 15 is 0 Å². The van der Waals surface area contributed by atoms with Gasteiger partial charge in [0.1, 0.15) is 5.92 Å². The van der Waals surface area contributed by atoms with Gasteiger partial charge < -0.3 is 31.6 Å². The van der Waals surface area contributed by atoms with Gasteiger partial charge in [0.2, 0.25) is 0 Å². The Labute approximate surface area is 293 Å². The number of alkyl halides is 2. The van der Waals surface area contributed by atoms with E-state index in [2.05, 4.69) is 36.9 Å². The van der Waals surface area contributed by atoms with Crippen molar-refractivity contribution in [3.8, 4) is 6.01 Å². The number of hydrogen-bond acceptors (Lipinski definition) is 5. The van der Waals surface area contributed by atoms with Crippen LogP contribution in [0.1, 0.15) is 87.5 Å². The van der Waals surface area contributed by atoms with Gasteiger partial charge in [-0.25, -0.2) is 8.78 Å². The van der Waals surface area contributed by atoms with E-state index < -0.39 is 18.4 Å². The van der Waals surface area contributed by atoms with Crippen molar-refractivity contribution in [2.45, 2.75) is 92.3 Å². The second kappa shape index (κ2) is 17.7. The van der Waals surface area contributed by atoms with Gasteiger partial charge in [0.25, 0.3) is 5.91 Å². The average Bonchev–Trinajstić information content (AvgIpc) is 3.61. The molecule has 9 heteroatoms. The van der Waals surface area contributed by atoms with Crippen LogP contribution in [0.25, 0.3) is 10.8 Å². The predicted octanol–water partition coefficient (Wildman–Crippen LogP) is 4.56. The fourth-order valence-electron chi connectivity index (χ4n) is 4.50. The van der Waals surface area contributed by atoms with E-state index in [1.807, 2.05) is 75.9 Å². The molecule has 2 aromatic carbocycles. The molecule has 1 aromatic heterocycles. The van der Waals surface area contributed by atoms with Crippen LogP contribution in [0.15, 0.2) is 36.4 Å². The van der Waals surface area contributed by atoms with Gasteiger partial charge in [0.05, 0.1) is 6.61 Å². The van der Waals surface area contributed by atoms with Crippen LogP contribution < -0.4 is 56.1 Å². The number of aromatic nitrogens is 2. The van der Waals surface area contributed by atoms with Crippen LogP contribution in [0.3, 0.4) is 0 Å². The molecule has 226 valence electrons. The Hall–Kier alpha value is -1.49. The molecule has 0 radical (unpaired) electrons. The number of hydrogen-bond donors (Lipinski definition) is 1. The molecular formula is C33H44F2KN3O3-2. The number of carbonyl (C=O) groups is 1. The molecule has 1 aliphatic heterocycles. The van der Waals surface area contributed by atoms with Crippen molar-refractivity contribution >= 4 is 16.7 Å². The van der Waals surface area contributed by atoms with Crippen LogP contribution in [0.4, 0.5) is 8.78 Å². The number of rotatable bonds is 7. The van der Waals surface area contributed by atoms with Crippen molar-refractivity contribution in [2.75, 3.05) is 6.61 Å². The molecule has 0 spiro atoms. The summed E-state index contributed by atoms with van der Waals surface area (Å²) in [5, 5.41) is 10.4. The Morgan fingerprint density at radius 2 is 1.79 bits per heavy atom. The molecular weight excluding hydrogens is 563 g/mol. The van der Waals surface area contributed by atoms with E-state index in [4.69, 9.17) is 9.84 Å². The second-order valence-electron chi connectivity index (χ2n) is 10.0. The molecule has 1 unspecified atom stereocenters. The number of carbonyl (C=O) groups excluding carboxylic acids is 1. The fourth-order valence-corrected chi connectivity index (χ4v) is 4.50. The summed E-state index contributed by atoms with van der Waals surface area (Å²) in [7, 11) is 0. The summed E-state index contributed by atoms with van der Waals surface area (Å²) in [4.78, 5) is 23.9. The zero-order chi connectivity index (χ0) is 30.8. The number of halogens is 2. The van der Waals surface area contributed by atoms with Crippen molar-refractivity contribution in [2.24, 2.45) is 5.41 Å². The number of fused-ring (bicyclic) bond motifs is 2. The molecule has 6 nitrogen and oxygen atoms in total. The summed E-state index contributed by atoms with van der Waals surface area (Å²) in [6, 6.07) is 12.4. The van der Waals surface area contributed by atoms with Gasteiger partial charge in [-0.3, -0.25) is 11.7 Å². The molecule has 3 aromatic rings. The molecule has 1 atom stereocenters. The average molecular weight is 608 g/mol. The Bertz CT molecular complexity index is 1270. The van der Waals surface area contributed by atoms with Crippen molar-refractivity contribution in [1.82, 2.24) is 14.9 Å². The summed E-state index contributed by atoms with van der Waals surface area (Å²) < 4.78 is 29.2. The first-order chi connectivity index (χ1) is 19.5. The number of amides is 1. The number of benzene rings is 2. The smallest absolute Gasteiger partial charge is 0.520 e. The second-order valence-corrected chi connectivity index (χ2v) is 10.0. The molecule has 1 amide bonds. The van der Waals surface area contributed by atoms with Gasteiger partial charge in [0, 0.05) is 24.1 Å². The zero-order valence-electron chi connectivity index (χ0n) is 26.3. The summed E-state index contributed by atoms with van der Waals surface area (Å²) in [6.07, 6.45) is 4.70. The molecule has 2 aliphatic rings. The Balaban J connectivity index is 0.000000587. The first-order valence-corrected chi connectivity index (χ1v) is 14.4. The van der Waals surface area contributed by atoms with Crippen molar-refractivity contribution in [3.63, 3.8) is 0 Å². The van der Waals surface area contributed by atoms with Gasteiger partial charge in [-0.2, -0.15) is 0 Å². The van der Waals surface area contributed by atoms with Gasteiger partial charge in [-0.1, -0.05) is 77.3 Å². The van der Waals surface area contributed by atoms with Gasteiger partial charge in [0.15, 0.2) is 6.01 Å². The van der Waals surface area contributed by atoms with Crippen LogP contribution in [-0.4, -0.2) is 44.5 Å². The van der Waals surface area contributed by atoms with E-state index in [1.165, 1.54) is 12.8 Å². The summed E-state index contributed by atoms with van der Waals surface area (Å²) in [5.41, 5.74) is 3.86. The number of nitrogens with zero attached hydrogens (tertiary/aromatic N) is 3. The first kappa shape index (κ1) is 38.5. The molecule has 0 bridgehead atoms. The third-order valence-electron chi connectivity index (χ3n) is 6.93. The van der Waals surface area contributed by atoms with Crippen LogP contribution in [0, 0.1) is 32.4 Å². The third kappa shape index (κ3) is 10.9. The number of aryl methyl sites for hydroxylation is 1. The van der Waals surface area contributed by atoms with E-state index in [9.17, 15) is 13.6 Å². The van der Waals surface area contributed by atoms with Crippen molar-refractivity contribution in [3.05, 3.63) is 78.8 Å². The topological polar surface area (TPSA) is 75.6 Å². The van der Waals surface area contributed by atoms with Crippen LogP contribution in [0.5, 0.6) is 6.01 Å². The third-order valence-corrected chi connectivity index (χ3v) is 6.93. The van der Waals surface area contributed by atoms with Crippen LogP contribution >= 0.6 is 0 Å². The monoisotopic (exact) mass is 607 g/mol. The minimum Gasteiger partial charge on any atom is -0.520 e. The molecule has 0 saturated heterocycles. The van der Waals surface area contributed by atoms with Crippen molar-refractivity contribution < 1.29 is 74.8 Å². The maximum Gasteiger partial charge on any atom is 1.00 e. The molecule has 2 heterocycles. The van der Waals surface area contributed by atoms with E-state index in [0.717, 1.165) is 39.6 Å². The molecule has 5 rings (SSSR count).